The smallest absolute Gasteiger partial charge is 0.278 e. The number of rotatable bonds is 4. The first-order valence-corrected chi connectivity index (χ1v) is 9.83. The summed E-state index contributed by atoms with van der Waals surface area (Å²) in [7, 11) is 0. The number of para-hydroxylation sites is 2. The lowest BCUT2D eigenvalue weighted by Crippen LogP contribution is -2.58. The number of halogens is 1. The highest BCUT2D eigenvalue weighted by Gasteiger charge is 2.47. The summed E-state index contributed by atoms with van der Waals surface area (Å²) in [4.78, 5) is 28.7. The maximum absolute atomic E-state index is 12.8. The van der Waals surface area contributed by atoms with Gasteiger partial charge in [0, 0.05) is 17.6 Å². The summed E-state index contributed by atoms with van der Waals surface area (Å²) in [5, 5.41) is 7.22. The number of aromatic nitrogens is 1. The first-order valence-electron chi connectivity index (χ1n) is 9.45. The van der Waals surface area contributed by atoms with Crippen LogP contribution in [-0.2, 0) is 16.0 Å². The Labute approximate surface area is 173 Å². The summed E-state index contributed by atoms with van der Waals surface area (Å²) in [5.74, 6) is -0.501. The highest BCUT2D eigenvalue weighted by Crippen LogP contribution is 2.34. The third-order valence-corrected chi connectivity index (χ3v) is 5.72. The highest BCUT2D eigenvalue weighted by atomic mass is 35.5. The summed E-state index contributed by atoms with van der Waals surface area (Å²) in [6.45, 7) is 5.84. The van der Waals surface area contributed by atoms with Crippen molar-refractivity contribution < 1.29 is 14.3 Å². The van der Waals surface area contributed by atoms with Crippen molar-refractivity contribution in [3.63, 3.8) is 0 Å². The van der Waals surface area contributed by atoms with Crippen LogP contribution in [0, 0.1) is 13.8 Å². The van der Waals surface area contributed by atoms with Gasteiger partial charge in [0.1, 0.15) is 5.75 Å². The van der Waals surface area contributed by atoms with Gasteiger partial charge in [0.15, 0.2) is 0 Å². The molecular formula is C22H22ClN3O3. The predicted octanol–water partition coefficient (Wildman–Crippen LogP) is 3.89. The quantitative estimate of drug-likeness (QED) is 0.569. The number of nitrogens with one attached hydrogen (secondary N) is 3. The van der Waals surface area contributed by atoms with Crippen molar-refractivity contribution in [3.8, 4) is 5.75 Å². The van der Waals surface area contributed by atoms with E-state index in [-0.39, 0.29) is 0 Å². The molecule has 0 bridgehead atoms. The van der Waals surface area contributed by atoms with Crippen LogP contribution in [0.25, 0.3) is 10.9 Å². The van der Waals surface area contributed by atoms with Gasteiger partial charge in [-0.3, -0.25) is 9.59 Å². The van der Waals surface area contributed by atoms with Crippen molar-refractivity contribution in [1.82, 2.24) is 10.3 Å². The molecule has 1 aliphatic heterocycles. The van der Waals surface area contributed by atoms with E-state index in [1.807, 2.05) is 26.0 Å². The van der Waals surface area contributed by atoms with Gasteiger partial charge >= 0.3 is 0 Å². The molecule has 2 aromatic carbocycles. The standard InChI is InChI=1S/C22H22ClN3O3/c1-12-8-9-15(23)18-14(13(2)25-19(12)18)10-11-24-20(27)22(3)21(28)26-16-6-4-5-7-17(16)29-22/h4-9,25H,10-11H2,1-3H3,(H,24,27)(H,26,28). The van der Waals surface area contributed by atoms with E-state index >= 15 is 0 Å². The first-order chi connectivity index (χ1) is 13.8. The summed E-state index contributed by atoms with van der Waals surface area (Å²) in [5.41, 5.74) is 3.12. The van der Waals surface area contributed by atoms with Crippen LogP contribution < -0.4 is 15.4 Å². The minimum Gasteiger partial charge on any atom is -0.466 e. The van der Waals surface area contributed by atoms with Crippen LogP contribution >= 0.6 is 11.6 Å². The fraction of sp³-hybridized carbons (Fsp3) is 0.273. The molecule has 4 rings (SSSR count). The molecule has 1 aliphatic rings. The number of carbonyl (C=O) groups excluding carboxylic acids is 2. The summed E-state index contributed by atoms with van der Waals surface area (Å²) in [6, 6.07) is 10.9. The molecule has 1 aromatic heterocycles. The molecule has 1 unspecified atom stereocenters. The van der Waals surface area contributed by atoms with Crippen LogP contribution in [0.4, 0.5) is 5.69 Å². The van der Waals surface area contributed by atoms with Gasteiger partial charge in [-0.2, -0.15) is 0 Å². The number of aromatic amines is 1. The van der Waals surface area contributed by atoms with Crippen LogP contribution in [0.3, 0.4) is 0 Å². The third kappa shape index (κ3) is 3.23. The Bertz CT molecular complexity index is 1140. The van der Waals surface area contributed by atoms with E-state index in [1.165, 1.54) is 6.92 Å². The van der Waals surface area contributed by atoms with Crippen molar-refractivity contribution in [2.24, 2.45) is 0 Å². The number of hydrogen-bond donors (Lipinski definition) is 3. The van der Waals surface area contributed by atoms with Gasteiger partial charge in [0.2, 0.25) is 0 Å². The van der Waals surface area contributed by atoms with E-state index < -0.39 is 17.4 Å². The number of hydrogen-bond acceptors (Lipinski definition) is 3. The normalized spacial score (nSPS) is 18.1. The lowest BCUT2D eigenvalue weighted by molar-refractivity contribution is -0.146. The Morgan fingerprint density at radius 1 is 1.21 bits per heavy atom. The molecule has 1 atom stereocenters. The van der Waals surface area contributed by atoms with Gasteiger partial charge in [-0.05, 0) is 56.5 Å². The number of amides is 2. The molecule has 2 amide bonds. The molecule has 29 heavy (non-hydrogen) atoms. The van der Waals surface area contributed by atoms with Gasteiger partial charge < -0.3 is 20.4 Å². The zero-order valence-corrected chi connectivity index (χ0v) is 17.2. The van der Waals surface area contributed by atoms with Crippen LogP contribution in [0.5, 0.6) is 5.75 Å². The Morgan fingerprint density at radius 2 is 1.97 bits per heavy atom. The van der Waals surface area contributed by atoms with Crippen molar-refractivity contribution in [2.45, 2.75) is 32.8 Å². The minimum absolute atomic E-state index is 0.352. The van der Waals surface area contributed by atoms with E-state index in [4.69, 9.17) is 16.3 Å². The SMILES string of the molecule is Cc1[nH]c2c(C)ccc(Cl)c2c1CCNC(=O)C1(C)Oc2ccccc2NC1=O. The highest BCUT2D eigenvalue weighted by molar-refractivity contribution is 6.36. The average molecular weight is 412 g/mol. The number of ether oxygens (including phenoxy) is 1. The van der Waals surface area contributed by atoms with Crippen LogP contribution in [0.1, 0.15) is 23.7 Å². The van der Waals surface area contributed by atoms with Gasteiger partial charge in [-0.1, -0.05) is 29.8 Å². The second-order valence-corrected chi connectivity index (χ2v) is 7.84. The largest absolute Gasteiger partial charge is 0.466 e. The fourth-order valence-corrected chi connectivity index (χ4v) is 3.96. The minimum atomic E-state index is -1.63. The zero-order valence-electron chi connectivity index (χ0n) is 16.5. The first kappa shape index (κ1) is 19.3. The van der Waals surface area contributed by atoms with Crippen LogP contribution in [0.2, 0.25) is 5.02 Å². The van der Waals surface area contributed by atoms with Crippen molar-refractivity contribution in [1.29, 1.82) is 0 Å². The van der Waals surface area contributed by atoms with E-state index in [2.05, 4.69) is 15.6 Å². The molecular weight excluding hydrogens is 390 g/mol. The number of carbonyl (C=O) groups is 2. The molecule has 6 nitrogen and oxygen atoms in total. The maximum atomic E-state index is 12.8. The van der Waals surface area contributed by atoms with E-state index in [0.29, 0.717) is 29.4 Å². The van der Waals surface area contributed by atoms with Gasteiger partial charge in [-0.25, -0.2) is 0 Å². The number of aryl methyl sites for hydroxylation is 2. The molecule has 2 heterocycles. The van der Waals surface area contributed by atoms with Gasteiger partial charge in [0.25, 0.3) is 17.4 Å². The number of fused-ring (bicyclic) bond motifs is 2. The lowest BCUT2D eigenvalue weighted by atomic mass is 10.0. The summed E-state index contributed by atoms with van der Waals surface area (Å²) in [6.07, 6.45) is 0.578. The topological polar surface area (TPSA) is 83.2 Å². The second kappa shape index (κ2) is 7.12. The van der Waals surface area contributed by atoms with Crippen molar-refractivity contribution in [3.05, 3.63) is 58.2 Å². The Kier molecular flexibility index (Phi) is 4.74. The van der Waals surface area contributed by atoms with E-state index in [1.54, 1.807) is 24.3 Å². The maximum Gasteiger partial charge on any atom is 0.278 e. The molecule has 0 radical (unpaired) electrons. The predicted molar refractivity (Wildman–Crippen MR) is 114 cm³/mol. The van der Waals surface area contributed by atoms with E-state index in [0.717, 1.165) is 27.7 Å². The number of anilines is 1. The molecule has 0 saturated heterocycles. The average Bonchev–Trinajstić information content (AvgIpc) is 3.03. The fourth-order valence-electron chi connectivity index (χ4n) is 3.69. The van der Waals surface area contributed by atoms with Crippen molar-refractivity contribution >= 4 is 40.0 Å². The van der Waals surface area contributed by atoms with Gasteiger partial charge in [-0.15, -0.1) is 0 Å². The Morgan fingerprint density at radius 3 is 2.76 bits per heavy atom. The summed E-state index contributed by atoms with van der Waals surface area (Å²) < 4.78 is 5.76. The molecule has 150 valence electrons. The second-order valence-electron chi connectivity index (χ2n) is 7.43. The third-order valence-electron chi connectivity index (χ3n) is 5.41. The zero-order chi connectivity index (χ0) is 20.8. The lowest BCUT2D eigenvalue weighted by Gasteiger charge is -2.33. The molecule has 0 aliphatic carbocycles. The van der Waals surface area contributed by atoms with Crippen LogP contribution in [-0.4, -0.2) is 28.9 Å². The monoisotopic (exact) mass is 411 g/mol. The summed E-state index contributed by atoms with van der Waals surface area (Å²) >= 11 is 6.42. The van der Waals surface area contributed by atoms with Gasteiger partial charge in [0.05, 0.1) is 16.2 Å². The van der Waals surface area contributed by atoms with E-state index in [9.17, 15) is 9.59 Å². The van der Waals surface area contributed by atoms with Crippen LogP contribution in [0.15, 0.2) is 36.4 Å². The Hall–Kier alpha value is -2.99. The van der Waals surface area contributed by atoms with Crippen molar-refractivity contribution in [2.75, 3.05) is 11.9 Å². The Balaban J connectivity index is 1.50. The molecule has 7 heteroatoms. The molecule has 3 aromatic rings. The molecule has 3 N–H and O–H groups in total. The molecule has 0 fully saturated rings. The molecule has 0 spiro atoms. The molecule has 0 saturated carbocycles. The number of H-pyrrole nitrogens is 1. The number of benzene rings is 2.